The summed E-state index contributed by atoms with van der Waals surface area (Å²) in [5, 5.41) is 0.566. The van der Waals surface area contributed by atoms with Crippen LogP contribution in [0.1, 0.15) is 33.6 Å². The fraction of sp³-hybridized carbons (Fsp3) is 0.591. The topological polar surface area (TPSA) is 114 Å². The van der Waals surface area contributed by atoms with Crippen LogP contribution in [0.3, 0.4) is 0 Å². The van der Waals surface area contributed by atoms with Crippen LogP contribution in [-0.2, 0) is 24.3 Å². The number of ether oxygens (including phenoxy) is 2. The number of rotatable bonds is 12. The lowest BCUT2D eigenvalue weighted by atomic mass is 10.0. The molecule has 0 aromatic heterocycles. The molecule has 1 unspecified atom stereocenters. The first-order chi connectivity index (χ1) is 15.9. The number of urea groups is 1. The van der Waals surface area contributed by atoms with Crippen LogP contribution in [0.25, 0.3) is 0 Å². The fourth-order valence-electron chi connectivity index (χ4n) is 3.60. The van der Waals surface area contributed by atoms with E-state index in [2.05, 4.69) is 0 Å². The Labute approximate surface area is 205 Å². The molecule has 10 nitrogen and oxygen atoms in total. The van der Waals surface area contributed by atoms with Crippen LogP contribution in [0.15, 0.2) is 24.3 Å². The van der Waals surface area contributed by atoms with Gasteiger partial charge in [0.1, 0.15) is 23.9 Å². The average molecular weight is 518 g/mol. The third-order valence-corrected chi connectivity index (χ3v) is 7.82. The number of carbonyl (C=O) groups is 3. The van der Waals surface area contributed by atoms with E-state index >= 15 is 0 Å². The van der Waals surface area contributed by atoms with Gasteiger partial charge < -0.3 is 14.4 Å². The quantitative estimate of drug-likeness (QED) is 0.309. The number of hydrogen-bond acceptors (Lipinski definition) is 7. The van der Waals surface area contributed by atoms with Crippen molar-refractivity contribution in [3.8, 4) is 5.75 Å². The van der Waals surface area contributed by atoms with E-state index in [4.69, 9.17) is 21.1 Å². The van der Waals surface area contributed by atoms with Gasteiger partial charge in [-0.15, -0.1) is 0 Å². The Morgan fingerprint density at radius 2 is 1.82 bits per heavy atom. The standard InChI is InChI=1S/C22H32ClN3O7S/c1-6-7-18(19(27)32-5)26-20(28)22(2,3)25(21(26)29)13-15-34(30,31)24(4)12-14-33-17-10-8-16(23)9-11-17/h8-11,18H,6-7,12-15H2,1-5H3. The molecule has 1 aliphatic heterocycles. The van der Waals surface area contributed by atoms with E-state index in [1.807, 2.05) is 6.92 Å². The predicted molar refractivity (Wildman–Crippen MR) is 127 cm³/mol. The highest BCUT2D eigenvalue weighted by atomic mass is 35.5. The second kappa shape index (κ2) is 11.4. The van der Waals surface area contributed by atoms with Crippen molar-refractivity contribution >= 4 is 39.5 Å². The van der Waals surface area contributed by atoms with Crippen LogP contribution < -0.4 is 4.74 Å². The Morgan fingerprint density at radius 1 is 1.21 bits per heavy atom. The minimum Gasteiger partial charge on any atom is -0.492 e. The van der Waals surface area contributed by atoms with Crippen LogP contribution in [0.5, 0.6) is 5.75 Å². The van der Waals surface area contributed by atoms with Gasteiger partial charge in [-0.05, 0) is 44.5 Å². The van der Waals surface area contributed by atoms with E-state index in [1.165, 1.54) is 32.9 Å². The number of likely N-dealkylation sites (N-methyl/N-ethyl adjacent to an activating group) is 1. The Hall–Kier alpha value is -2.37. The van der Waals surface area contributed by atoms with Gasteiger partial charge in [0, 0.05) is 25.2 Å². The van der Waals surface area contributed by atoms with Crippen LogP contribution in [-0.4, -0.2) is 91.6 Å². The van der Waals surface area contributed by atoms with Crippen molar-refractivity contribution in [2.75, 3.05) is 39.6 Å². The second-order valence-electron chi connectivity index (χ2n) is 8.44. The van der Waals surface area contributed by atoms with Crippen molar-refractivity contribution < 1.29 is 32.3 Å². The molecule has 1 aliphatic rings. The number of methoxy groups -OCH3 is 1. The zero-order chi connectivity index (χ0) is 25.7. The summed E-state index contributed by atoms with van der Waals surface area (Å²) in [6, 6.07) is 4.94. The average Bonchev–Trinajstić information content (AvgIpc) is 2.95. The zero-order valence-corrected chi connectivity index (χ0v) is 21.7. The van der Waals surface area contributed by atoms with Crippen molar-refractivity contribution in [3.63, 3.8) is 0 Å². The number of amides is 3. The van der Waals surface area contributed by atoms with E-state index in [9.17, 15) is 22.8 Å². The SMILES string of the molecule is CCCC(C(=O)OC)N1C(=O)N(CCS(=O)(=O)N(C)CCOc2ccc(Cl)cc2)C(C)(C)C1=O. The number of imide groups is 1. The van der Waals surface area contributed by atoms with Crippen molar-refractivity contribution in [1.29, 1.82) is 0 Å². The number of sulfonamides is 1. The summed E-state index contributed by atoms with van der Waals surface area (Å²) < 4.78 is 37.0. The van der Waals surface area contributed by atoms with Gasteiger partial charge >= 0.3 is 12.0 Å². The fourth-order valence-corrected chi connectivity index (χ4v) is 4.81. The molecule has 1 saturated heterocycles. The number of nitrogens with zero attached hydrogens (tertiary/aromatic N) is 3. The van der Waals surface area contributed by atoms with Gasteiger partial charge in [0.25, 0.3) is 5.91 Å². The molecular formula is C22H32ClN3O7S. The highest BCUT2D eigenvalue weighted by molar-refractivity contribution is 7.89. The third-order valence-electron chi connectivity index (χ3n) is 5.74. The highest BCUT2D eigenvalue weighted by Gasteiger charge is 2.54. The molecule has 1 atom stereocenters. The number of esters is 1. The van der Waals surface area contributed by atoms with Gasteiger partial charge in [-0.3, -0.25) is 4.79 Å². The number of carbonyl (C=O) groups excluding carboxylic acids is 3. The molecule has 1 heterocycles. The Kier molecular flexibility index (Phi) is 9.32. The van der Waals surface area contributed by atoms with E-state index in [0.29, 0.717) is 17.2 Å². The maximum Gasteiger partial charge on any atom is 0.329 e. The molecule has 2 rings (SSSR count). The number of hydrogen-bond donors (Lipinski definition) is 0. The molecule has 1 aromatic carbocycles. The van der Waals surface area contributed by atoms with E-state index in [-0.39, 0.29) is 26.1 Å². The summed E-state index contributed by atoms with van der Waals surface area (Å²) >= 11 is 5.83. The third kappa shape index (κ3) is 6.19. The molecule has 0 radical (unpaired) electrons. The summed E-state index contributed by atoms with van der Waals surface area (Å²) in [5.41, 5.74) is -1.30. The van der Waals surface area contributed by atoms with E-state index in [0.717, 1.165) is 9.21 Å². The van der Waals surface area contributed by atoms with Crippen LogP contribution in [0.2, 0.25) is 5.02 Å². The van der Waals surface area contributed by atoms with Gasteiger partial charge in [0.2, 0.25) is 10.0 Å². The van der Waals surface area contributed by atoms with Crippen LogP contribution in [0.4, 0.5) is 4.79 Å². The maximum atomic E-state index is 13.1. The Bertz CT molecular complexity index is 998. The van der Waals surface area contributed by atoms with Crippen molar-refractivity contribution in [3.05, 3.63) is 29.3 Å². The van der Waals surface area contributed by atoms with Crippen LogP contribution in [0, 0.1) is 0 Å². The number of halogens is 1. The maximum absolute atomic E-state index is 13.1. The molecule has 1 fully saturated rings. The largest absolute Gasteiger partial charge is 0.492 e. The van der Waals surface area contributed by atoms with Crippen molar-refractivity contribution in [2.45, 2.75) is 45.2 Å². The molecule has 34 heavy (non-hydrogen) atoms. The minimum atomic E-state index is -3.75. The Morgan fingerprint density at radius 3 is 2.38 bits per heavy atom. The van der Waals surface area contributed by atoms with Gasteiger partial charge in [-0.1, -0.05) is 24.9 Å². The normalized spacial score (nSPS) is 16.8. The van der Waals surface area contributed by atoms with E-state index < -0.39 is 45.3 Å². The van der Waals surface area contributed by atoms with E-state index in [1.54, 1.807) is 24.3 Å². The molecule has 0 saturated carbocycles. The molecule has 1 aromatic rings. The van der Waals surface area contributed by atoms with Gasteiger partial charge in [-0.2, -0.15) is 0 Å². The first-order valence-electron chi connectivity index (χ1n) is 10.9. The first-order valence-corrected chi connectivity index (χ1v) is 12.9. The summed E-state index contributed by atoms with van der Waals surface area (Å²) in [6.07, 6.45) is 0.803. The summed E-state index contributed by atoms with van der Waals surface area (Å²) in [4.78, 5) is 40.4. The van der Waals surface area contributed by atoms with Gasteiger partial charge in [0.15, 0.2) is 0 Å². The molecule has 190 valence electrons. The molecule has 0 bridgehead atoms. The lowest BCUT2D eigenvalue weighted by molar-refractivity contribution is -0.150. The smallest absolute Gasteiger partial charge is 0.329 e. The van der Waals surface area contributed by atoms with Crippen LogP contribution >= 0.6 is 11.6 Å². The monoisotopic (exact) mass is 517 g/mol. The molecule has 3 amide bonds. The zero-order valence-electron chi connectivity index (χ0n) is 20.1. The molecule has 12 heteroatoms. The van der Waals surface area contributed by atoms with Gasteiger partial charge in [0.05, 0.1) is 12.9 Å². The second-order valence-corrected chi connectivity index (χ2v) is 11.1. The predicted octanol–water partition coefficient (Wildman–Crippen LogP) is 2.36. The van der Waals surface area contributed by atoms with Crippen molar-refractivity contribution in [2.24, 2.45) is 0 Å². The summed E-state index contributed by atoms with van der Waals surface area (Å²) in [7, 11) is -1.14. The lowest BCUT2D eigenvalue weighted by Gasteiger charge is -2.28. The summed E-state index contributed by atoms with van der Waals surface area (Å²) in [6.45, 7) is 4.89. The lowest BCUT2D eigenvalue weighted by Crippen LogP contribution is -2.47. The minimum absolute atomic E-state index is 0.0915. The highest BCUT2D eigenvalue weighted by Crippen LogP contribution is 2.30. The molecule has 0 N–H and O–H groups in total. The summed E-state index contributed by atoms with van der Waals surface area (Å²) in [5.74, 6) is -1.08. The first kappa shape index (κ1) is 27.9. The van der Waals surface area contributed by atoms with Crippen molar-refractivity contribution in [1.82, 2.24) is 14.1 Å². The molecule has 0 aliphatic carbocycles. The number of benzene rings is 1. The molecular weight excluding hydrogens is 486 g/mol. The van der Waals surface area contributed by atoms with Gasteiger partial charge in [-0.25, -0.2) is 27.2 Å². The Balaban J connectivity index is 2.03. The molecule has 0 spiro atoms.